The molecule has 0 fully saturated rings. The Labute approximate surface area is 264 Å². The number of hydrogen-bond donors (Lipinski definition) is 0. The number of benzene rings is 3. The predicted octanol–water partition coefficient (Wildman–Crippen LogP) is 6.74. The second-order valence-electron chi connectivity index (χ2n) is 11.7. The van der Waals surface area contributed by atoms with Crippen molar-refractivity contribution >= 4 is 36.0 Å². The van der Waals surface area contributed by atoms with Crippen molar-refractivity contribution in [1.82, 2.24) is 0 Å². The van der Waals surface area contributed by atoms with Crippen LogP contribution in [0.5, 0.6) is 11.5 Å². The van der Waals surface area contributed by atoms with Gasteiger partial charge in [0.1, 0.15) is 9.79 Å². The second-order valence-corrected chi connectivity index (χ2v) is 16.1. The molecule has 0 spiro atoms. The highest BCUT2D eigenvalue weighted by Gasteiger charge is 2.38. The zero-order valence-corrected chi connectivity index (χ0v) is 28.5. The summed E-state index contributed by atoms with van der Waals surface area (Å²) in [6, 6.07) is 9.84. The molecule has 3 aromatic rings. The van der Waals surface area contributed by atoms with Crippen molar-refractivity contribution in [3.05, 3.63) is 80.9 Å². The maximum absolute atomic E-state index is 14.0. The van der Waals surface area contributed by atoms with Crippen molar-refractivity contribution in [2.45, 2.75) is 93.7 Å². The fraction of sp³-hybridized carbons (Fsp3) is 0.400. The van der Waals surface area contributed by atoms with Gasteiger partial charge in [-0.05, 0) is 70.2 Å². The first kappa shape index (κ1) is 35.9. The quantitative estimate of drug-likeness (QED) is 0.113. The minimum absolute atomic E-state index is 0.0361. The summed E-state index contributed by atoms with van der Waals surface area (Å²) in [5.74, 6) is -2.97. The van der Waals surface area contributed by atoms with Crippen molar-refractivity contribution in [2.75, 3.05) is 0 Å². The van der Waals surface area contributed by atoms with E-state index in [0.29, 0.717) is 23.3 Å². The molecule has 0 amide bonds. The SMILES string of the molecule is CC(C)c1ccc(S(=O)(=O)Oc2c(OS(=O)(=O)c3c(C(C)C)cc(C(C)C)cc3C(C)C)ccc(S([O])(=O)=O)c2[N+](=O)[O-])cc1. The lowest BCUT2D eigenvalue weighted by Gasteiger charge is -2.23. The molecular formula is C30H36NO11S3. The van der Waals surface area contributed by atoms with Crippen molar-refractivity contribution < 1.29 is 43.1 Å². The van der Waals surface area contributed by atoms with Gasteiger partial charge < -0.3 is 8.37 Å². The number of nitro benzene ring substituents is 1. The van der Waals surface area contributed by atoms with Crippen LogP contribution in [0.15, 0.2) is 63.2 Å². The molecular weight excluding hydrogens is 647 g/mol. The molecule has 0 aromatic heterocycles. The summed E-state index contributed by atoms with van der Waals surface area (Å²) in [5.41, 5.74) is 0.806. The topological polar surface area (TPSA) is 184 Å². The summed E-state index contributed by atoms with van der Waals surface area (Å²) in [6.07, 6.45) is 0. The van der Waals surface area contributed by atoms with E-state index < -0.39 is 62.3 Å². The number of nitrogens with zero attached hydrogens (tertiary/aromatic N) is 1. The van der Waals surface area contributed by atoms with E-state index >= 15 is 0 Å². The van der Waals surface area contributed by atoms with Crippen LogP contribution >= 0.6 is 0 Å². The Bertz CT molecular complexity index is 1900. The normalized spacial score (nSPS) is 12.7. The maximum atomic E-state index is 14.0. The van der Waals surface area contributed by atoms with E-state index in [0.717, 1.165) is 11.1 Å². The van der Waals surface area contributed by atoms with Crippen LogP contribution in [0.25, 0.3) is 0 Å². The highest BCUT2D eigenvalue weighted by Crippen LogP contribution is 2.45. The third-order valence-electron chi connectivity index (χ3n) is 7.07. The zero-order valence-electron chi connectivity index (χ0n) is 26.1. The summed E-state index contributed by atoms with van der Waals surface area (Å²) in [7, 11) is -15.4. The van der Waals surface area contributed by atoms with Crippen molar-refractivity contribution in [2.24, 2.45) is 0 Å². The predicted molar refractivity (Wildman–Crippen MR) is 166 cm³/mol. The molecule has 245 valence electrons. The molecule has 12 nitrogen and oxygen atoms in total. The van der Waals surface area contributed by atoms with Gasteiger partial charge in [0, 0.05) is 0 Å². The Balaban J connectivity index is 2.34. The molecule has 0 saturated heterocycles. The lowest BCUT2D eigenvalue weighted by molar-refractivity contribution is -0.388. The Kier molecular flexibility index (Phi) is 10.4. The van der Waals surface area contributed by atoms with E-state index in [1.54, 1.807) is 39.8 Å². The fourth-order valence-electron chi connectivity index (χ4n) is 4.57. The molecule has 45 heavy (non-hydrogen) atoms. The van der Waals surface area contributed by atoms with Gasteiger partial charge in [-0.25, -0.2) is 0 Å². The van der Waals surface area contributed by atoms with E-state index in [1.807, 2.05) is 27.7 Å². The van der Waals surface area contributed by atoms with E-state index in [9.17, 15) is 39.9 Å². The van der Waals surface area contributed by atoms with Gasteiger partial charge in [0.15, 0.2) is 10.6 Å². The summed E-state index contributed by atoms with van der Waals surface area (Å²) >= 11 is 0. The van der Waals surface area contributed by atoms with Crippen LogP contribution in [0.4, 0.5) is 5.69 Å². The third-order valence-corrected chi connectivity index (χ3v) is 10.5. The summed E-state index contributed by atoms with van der Waals surface area (Å²) in [5, 5.41) is 12.1. The first-order chi connectivity index (χ1) is 20.6. The lowest BCUT2D eigenvalue weighted by atomic mass is 9.89. The molecule has 0 heterocycles. The monoisotopic (exact) mass is 682 g/mol. The maximum Gasteiger partial charge on any atom is 0.339 e. The molecule has 0 atom stereocenters. The van der Waals surface area contributed by atoms with E-state index in [4.69, 9.17) is 8.37 Å². The van der Waals surface area contributed by atoms with Gasteiger partial charge in [0.05, 0.1) is 4.92 Å². The van der Waals surface area contributed by atoms with Crippen LogP contribution in [0, 0.1) is 10.1 Å². The molecule has 3 rings (SSSR count). The van der Waals surface area contributed by atoms with Crippen LogP contribution in [0.1, 0.15) is 101 Å². The molecule has 0 saturated carbocycles. The summed E-state index contributed by atoms with van der Waals surface area (Å²) in [6.45, 7) is 14.7. The molecule has 0 aliphatic rings. The molecule has 15 heteroatoms. The van der Waals surface area contributed by atoms with Crippen LogP contribution in [-0.2, 0) is 34.9 Å². The van der Waals surface area contributed by atoms with Gasteiger partial charge in [0.2, 0.25) is 0 Å². The molecule has 0 aliphatic carbocycles. The van der Waals surface area contributed by atoms with Crippen LogP contribution in [0.2, 0.25) is 0 Å². The highest BCUT2D eigenvalue weighted by molar-refractivity contribution is 7.87. The number of hydrogen-bond acceptors (Lipinski definition) is 10. The first-order valence-electron chi connectivity index (χ1n) is 14.0. The van der Waals surface area contributed by atoms with Gasteiger partial charge in [0.25, 0.3) is 5.75 Å². The Hall–Kier alpha value is -3.53. The lowest BCUT2D eigenvalue weighted by Crippen LogP contribution is -2.19. The average Bonchev–Trinajstić information content (AvgIpc) is 2.91. The van der Waals surface area contributed by atoms with Crippen molar-refractivity contribution in [3.8, 4) is 11.5 Å². The van der Waals surface area contributed by atoms with E-state index in [-0.39, 0.29) is 28.6 Å². The van der Waals surface area contributed by atoms with Crippen molar-refractivity contribution in [1.29, 1.82) is 0 Å². The second kappa shape index (κ2) is 13.1. The highest BCUT2D eigenvalue weighted by atomic mass is 32.2. The van der Waals surface area contributed by atoms with E-state index in [1.165, 1.54) is 24.3 Å². The van der Waals surface area contributed by atoms with Gasteiger partial charge in [-0.3, -0.25) is 10.1 Å². The van der Waals surface area contributed by atoms with E-state index in [2.05, 4.69) is 0 Å². The van der Waals surface area contributed by atoms with Crippen LogP contribution in [-0.4, -0.2) is 30.2 Å². The number of rotatable bonds is 12. The summed E-state index contributed by atoms with van der Waals surface area (Å²) < 4.78 is 101. The minimum atomic E-state index is -5.57. The van der Waals surface area contributed by atoms with Gasteiger partial charge in [-0.1, -0.05) is 84.2 Å². The average molecular weight is 683 g/mol. The van der Waals surface area contributed by atoms with Crippen LogP contribution < -0.4 is 8.37 Å². The third kappa shape index (κ3) is 7.83. The zero-order chi connectivity index (χ0) is 34.2. The van der Waals surface area contributed by atoms with Crippen molar-refractivity contribution in [3.63, 3.8) is 0 Å². The fourth-order valence-corrected chi connectivity index (χ4v) is 7.77. The number of nitro groups is 1. The van der Waals surface area contributed by atoms with Gasteiger partial charge in [-0.2, -0.15) is 25.3 Å². The standard InChI is InChI=1S/C30H36NO11S3/c1-17(2)21-9-11-23(12-10-21)44(37,38)42-29-26(13-14-27(43(34,35)36)28(29)31(32)33)41-45(39,40)30-24(19(5)6)15-22(18(3)4)16-25(30)20(7)8/h9-20H,1-8H3. The molecule has 0 bridgehead atoms. The molecule has 3 aromatic carbocycles. The largest absolute Gasteiger partial charge is 0.375 e. The minimum Gasteiger partial charge on any atom is -0.375 e. The van der Waals surface area contributed by atoms with Gasteiger partial charge >= 0.3 is 36.0 Å². The van der Waals surface area contributed by atoms with Crippen LogP contribution in [0.3, 0.4) is 0 Å². The Morgan fingerprint density at radius 2 is 1.13 bits per heavy atom. The van der Waals surface area contributed by atoms with Gasteiger partial charge in [-0.15, -0.1) is 0 Å². The smallest absolute Gasteiger partial charge is 0.339 e. The molecule has 1 radical (unpaired) electrons. The molecule has 0 N–H and O–H groups in total. The Morgan fingerprint density at radius 3 is 1.53 bits per heavy atom. The Morgan fingerprint density at radius 1 is 0.644 bits per heavy atom. The first-order valence-corrected chi connectivity index (χ1v) is 18.2. The molecule has 0 unspecified atom stereocenters. The molecule has 0 aliphatic heterocycles. The summed E-state index contributed by atoms with van der Waals surface area (Å²) in [4.78, 5) is 8.64.